The van der Waals surface area contributed by atoms with E-state index in [0.29, 0.717) is 27.2 Å². The van der Waals surface area contributed by atoms with E-state index in [2.05, 4.69) is 15.5 Å². The van der Waals surface area contributed by atoms with Crippen LogP contribution in [-0.2, 0) is 0 Å². The molecule has 0 bridgehead atoms. The third kappa shape index (κ3) is 3.62. The predicted molar refractivity (Wildman–Crippen MR) is 87.6 cm³/mol. The molecule has 0 radical (unpaired) electrons. The molecule has 2 rings (SSSR count). The third-order valence-electron chi connectivity index (χ3n) is 2.90. The monoisotopic (exact) mass is 319 g/mol. The van der Waals surface area contributed by atoms with Crippen molar-refractivity contribution in [1.29, 1.82) is 0 Å². The van der Waals surface area contributed by atoms with E-state index >= 15 is 0 Å². The lowest BCUT2D eigenvalue weighted by Gasteiger charge is -2.07. The maximum atomic E-state index is 11.4. The van der Waals surface area contributed by atoms with Crippen molar-refractivity contribution in [2.24, 2.45) is 5.10 Å². The SMILES string of the molecule is COc1ccc(C=NNc2nc(C)c(C(C)=O)s2)cc1OC. The highest BCUT2D eigenvalue weighted by molar-refractivity contribution is 7.17. The van der Waals surface area contributed by atoms with Crippen molar-refractivity contribution in [2.45, 2.75) is 13.8 Å². The van der Waals surface area contributed by atoms with Gasteiger partial charge in [0.1, 0.15) is 0 Å². The van der Waals surface area contributed by atoms with E-state index in [0.717, 1.165) is 5.56 Å². The van der Waals surface area contributed by atoms with E-state index < -0.39 is 0 Å². The number of hydrazone groups is 1. The summed E-state index contributed by atoms with van der Waals surface area (Å²) in [7, 11) is 3.17. The number of aryl methyl sites for hydroxylation is 1. The molecule has 0 amide bonds. The highest BCUT2D eigenvalue weighted by Crippen LogP contribution is 2.27. The molecule has 116 valence electrons. The molecule has 6 nitrogen and oxygen atoms in total. The molecule has 0 aliphatic heterocycles. The van der Waals surface area contributed by atoms with Crippen LogP contribution in [0.25, 0.3) is 0 Å². The highest BCUT2D eigenvalue weighted by atomic mass is 32.1. The van der Waals surface area contributed by atoms with Gasteiger partial charge < -0.3 is 9.47 Å². The minimum atomic E-state index is 0.00641. The van der Waals surface area contributed by atoms with Gasteiger partial charge >= 0.3 is 0 Å². The molecular formula is C15H17N3O3S. The molecule has 22 heavy (non-hydrogen) atoms. The first kappa shape index (κ1) is 16.0. The van der Waals surface area contributed by atoms with Gasteiger partial charge in [-0.3, -0.25) is 10.2 Å². The summed E-state index contributed by atoms with van der Waals surface area (Å²) in [6.45, 7) is 3.33. The number of Topliss-reactive ketones (excluding diaryl/α,β-unsaturated/α-hetero) is 1. The molecule has 0 saturated heterocycles. The van der Waals surface area contributed by atoms with Gasteiger partial charge in [0.05, 0.1) is 31.0 Å². The Hall–Kier alpha value is -2.41. The molecule has 0 aliphatic rings. The molecule has 0 unspecified atom stereocenters. The van der Waals surface area contributed by atoms with Gasteiger partial charge in [0.15, 0.2) is 17.3 Å². The molecule has 1 N–H and O–H groups in total. The number of thiazole rings is 1. The van der Waals surface area contributed by atoms with Gasteiger partial charge in [0.25, 0.3) is 0 Å². The Kier molecular flexibility index (Phi) is 5.11. The van der Waals surface area contributed by atoms with Crippen LogP contribution in [0.2, 0.25) is 0 Å². The summed E-state index contributed by atoms with van der Waals surface area (Å²) < 4.78 is 10.4. The average Bonchev–Trinajstić information content (AvgIpc) is 2.88. The maximum absolute atomic E-state index is 11.4. The predicted octanol–water partition coefficient (Wildman–Crippen LogP) is 3.12. The first-order chi connectivity index (χ1) is 10.5. The molecule has 0 fully saturated rings. The number of carbonyl (C=O) groups excluding carboxylic acids is 1. The fourth-order valence-electron chi connectivity index (χ4n) is 1.87. The molecule has 0 aliphatic carbocycles. The summed E-state index contributed by atoms with van der Waals surface area (Å²) in [5, 5.41) is 4.70. The Morgan fingerprint density at radius 2 is 2.05 bits per heavy atom. The average molecular weight is 319 g/mol. The minimum Gasteiger partial charge on any atom is -0.493 e. The van der Waals surface area contributed by atoms with E-state index in [9.17, 15) is 4.79 Å². The number of rotatable bonds is 6. The Morgan fingerprint density at radius 3 is 2.64 bits per heavy atom. The number of carbonyl (C=O) groups is 1. The largest absolute Gasteiger partial charge is 0.493 e. The van der Waals surface area contributed by atoms with E-state index in [1.165, 1.54) is 18.3 Å². The molecule has 1 aromatic carbocycles. The summed E-state index contributed by atoms with van der Waals surface area (Å²) in [6.07, 6.45) is 1.64. The molecule has 1 heterocycles. The summed E-state index contributed by atoms with van der Waals surface area (Å²) in [6, 6.07) is 5.49. The summed E-state index contributed by atoms with van der Waals surface area (Å²) in [4.78, 5) is 16.3. The first-order valence-corrected chi connectivity index (χ1v) is 7.36. The molecule has 7 heteroatoms. The van der Waals surface area contributed by atoms with Gasteiger partial charge in [-0.1, -0.05) is 11.3 Å². The van der Waals surface area contributed by atoms with Gasteiger partial charge in [0.2, 0.25) is 5.13 Å². The number of ether oxygens (including phenoxy) is 2. The number of nitrogens with zero attached hydrogens (tertiary/aromatic N) is 2. The molecule has 2 aromatic rings. The van der Waals surface area contributed by atoms with Crippen molar-refractivity contribution in [1.82, 2.24) is 4.98 Å². The lowest BCUT2D eigenvalue weighted by atomic mass is 10.2. The van der Waals surface area contributed by atoms with E-state index in [1.54, 1.807) is 27.4 Å². The van der Waals surface area contributed by atoms with Crippen LogP contribution >= 0.6 is 11.3 Å². The standard InChI is InChI=1S/C15H17N3O3S/c1-9-14(10(2)19)22-15(17-9)18-16-8-11-5-6-12(20-3)13(7-11)21-4/h5-8H,1-4H3,(H,17,18). The fourth-order valence-corrected chi connectivity index (χ4v) is 2.68. The zero-order valence-electron chi connectivity index (χ0n) is 12.8. The van der Waals surface area contributed by atoms with Gasteiger partial charge in [-0.15, -0.1) is 0 Å². The Labute approximate surface area is 132 Å². The molecule has 1 aromatic heterocycles. The Bertz CT molecular complexity index is 710. The van der Waals surface area contributed by atoms with Gasteiger partial charge in [-0.05, 0) is 30.7 Å². The van der Waals surface area contributed by atoms with Crippen LogP contribution in [0.4, 0.5) is 5.13 Å². The number of nitrogens with one attached hydrogen (secondary N) is 1. The van der Waals surface area contributed by atoms with Crippen LogP contribution in [0.5, 0.6) is 11.5 Å². The quantitative estimate of drug-likeness (QED) is 0.503. The van der Waals surface area contributed by atoms with E-state index in [-0.39, 0.29) is 5.78 Å². The second kappa shape index (κ2) is 7.04. The minimum absolute atomic E-state index is 0.00641. The normalized spacial score (nSPS) is 10.7. The zero-order valence-corrected chi connectivity index (χ0v) is 13.7. The van der Waals surface area contributed by atoms with Crippen LogP contribution in [0.15, 0.2) is 23.3 Å². The molecular weight excluding hydrogens is 302 g/mol. The number of methoxy groups -OCH3 is 2. The van der Waals surface area contributed by atoms with Gasteiger partial charge in [-0.2, -0.15) is 5.10 Å². The number of aromatic nitrogens is 1. The lowest BCUT2D eigenvalue weighted by Crippen LogP contribution is -1.93. The van der Waals surface area contributed by atoms with Crippen molar-refractivity contribution < 1.29 is 14.3 Å². The van der Waals surface area contributed by atoms with Crippen molar-refractivity contribution in [3.63, 3.8) is 0 Å². The maximum Gasteiger partial charge on any atom is 0.204 e. The molecule has 0 atom stereocenters. The smallest absolute Gasteiger partial charge is 0.204 e. The Morgan fingerprint density at radius 1 is 1.32 bits per heavy atom. The van der Waals surface area contributed by atoms with Crippen LogP contribution in [-0.4, -0.2) is 31.2 Å². The molecule has 0 spiro atoms. The summed E-state index contributed by atoms with van der Waals surface area (Å²) in [5.41, 5.74) is 4.39. The first-order valence-electron chi connectivity index (χ1n) is 6.54. The van der Waals surface area contributed by atoms with E-state index in [1.807, 2.05) is 18.2 Å². The van der Waals surface area contributed by atoms with Crippen molar-refractivity contribution in [3.05, 3.63) is 34.3 Å². The second-order valence-electron chi connectivity index (χ2n) is 4.47. The van der Waals surface area contributed by atoms with Crippen LogP contribution in [0.1, 0.15) is 27.9 Å². The number of ketones is 1. The third-order valence-corrected chi connectivity index (χ3v) is 4.06. The number of anilines is 1. The Balaban J connectivity index is 2.09. The van der Waals surface area contributed by atoms with Crippen molar-refractivity contribution in [2.75, 3.05) is 19.6 Å². The van der Waals surface area contributed by atoms with Crippen LogP contribution < -0.4 is 14.9 Å². The van der Waals surface area contributed by atoms with Crippen LogP contribution in [0, 0.1) is 6.92 Å². The van der Waals surface area contributed by atoms with E-state index in [4.69, 9.17) is 9.47 Å². The second-order valence-corrected chi connectivity index (χ2v) is 5.47. The highest BCUT2D eigenvalue weighted by Gasteiger charge is 2.10. The number of hydrogen-bond donors (Lipinski definition) is 1. The van der Waals surface area contributed by atoms with Gasteiger partial charge in [-0.25, -0.2) is 4.98 Å². The van der Waals surface area contributed by atoms with Gasteiger partial charge in [0, 0.05) is 6.92 Å². The van der Waals surface area contributed by atoms with Crippen molar-refractivity contribution >= 4 is 28.5 Å². The summed E-state index contributed by atoms with van der Waals surface area (Å²) in [5.74, 6) is 1.30. The molecule has 0 saturated carbocycles. The fraction of sp³-hybridized carbons (Fsp3) is 0.267. The topological polar surface area (TPSA) is 72.8 Å². The lowest BCUT2D eigenvalue weighted by molar-refractivity contribution is 0.102. The number of benzene rings is 1. The number of hydrogen-bond acceptors (Lipinski definition) is 7. The van der Waals surface area contributed by atoms with Crippen molar-refractivity contribution in [3.8, 4) is 11.5 Å². The van der Waals surface area contributed by atoms with Crippen LogP contribution in [0.3, 0.4) is 0 Å². The zero-order chi connectivity index (χ0) is 16.1. The summed E-state index contributed by atoms with van der Waals surface area (Å²) >= 11 is 1.29.